The number of fused-ring (bicyclic) bond motifs is 2. The van der Waals surface area contributed by atoms with E-state index in [4.69, 9.17) is 9.47 Å². The van der Waals surface area contributed by atoms with E-state index in [0.717, 1.165) is 30.8 Å². The molecule has 2 aliphatic heterocycles. The normalized spacial score (nSPS) is 26.8. The Balaban J connectivity index is 1.96. The quantitative estimate of drug-likeness (QED) is 0.700. The SMILES string of the molecule is CC[C@H]1Cc2cc3c(cc2O1)CC(C)O3. The van der Waals surface area contributed by atoms with E-state index in [9.17, 15) is 0 Å². The first-order chi connectivity index (χ1) is 7.26. The van der Waals surface area contributed by atoms with Gasteiger partial charge in [-0.05, 0) is 25.5 Å². The zero-order valence-electron chi connectivity index (χ0n) is 9.25. The molecule has 0 N–H and O–H groups in total. The Morgan fingerprint density at radius 2 is 1.80 bits per heavy atom. The van der Waals surface area contributed by atoms with Crippen molar-refractivity contribution in [1.29, 1.82) is 0 Å². The molecule has 0 bridgehead atoms. The van der Waals surface area contributed by atoms with Crippen molar-refractivity contribution in [2.24, 2.45) is 0 Å². The fraction of sp³-hybridized carbons (Fsp3) is 0.538. The van der Waals surface area contributed by atoms with Gasteiger partial charge in [0.25, 0.3) is 0 Å². The summed E-state index contributed by atoms with van der Waals surface area (Å²) >= 11 is 0. The maximum absolute atomic E-state index is 5.86. The van der Waals surface area contributed by atoms with E-state index in [1.54, 1.807) is 0 Å². The molecule has 15 heavy (non-hydrogen) atoms. The van der Waals surface area contributed by atoms with E-state index < -0.39 is 0 Å². The van der Waals surface area contributed by atoms with Crippen LogP contribution in [0.4, 0.5) is 0 Å². The molecule has 3 rings (SSSR count). The Morgan fingerprint density at radius 3 is 2.53 bits per heavy atom. The fourth-order valence-electron chi connectivity index (χ4n) is 2.44. The summed E-state index contributed by atoms with van der Waals surface area (Å²) in [6.45, 7) is 4.28. The smallest absolute Gasteiger partial charge is 0.123 e. The van der Waals surface area contributed by atoms with Crippen LogP contribution in [0.2, 0.25) is 0 Å². The van der Waals surface area contributed by atoms with Crippen molar-refractivity contribution in [2.75, 3.05) is 0 Å². The third-order valence-corrected chi connectivity index (χ3v) is 3.28. The highest BCUT2D eigenvalue weighted by Gasteiger charge is 2.27. The minimum Gasteiger partial charge on any atom is -0.490 e. The van der Waals surface area contributed by atoms with E-state index >= 15 is 0 Å². The van der Waals surface area contributed by atoms with Gasteiger partial charge in [0.2, 0.25) is 0 Å². The van der Waals surface area contributed by atoms with Crippen LogP contribution in [0, 0.1) is 0 Å². The lowest BCUT2D eigenvalue weighted by molar-refractivity contribution is 0.228. The maximum atomic E-state index is 5.86. The second kappa shape index (κ2) is 3.16. The van der Waals surface area contributed by atoms with Crippen molar-refractivity contribution >= 4 is 0 Å². The van der Waals surface area contributed by atoms with Gasteiger partial charge in [-0.25, -0.2) is 0 Å². The van der Waals surface area contributed by atoms with Crippen molar-refractivity contribution in [3.05, 3.63) is 23.3 Å². The zero-order valence-corrected chi connectivity index (χ0v) is 9.25. The van der Waals surface area contributed by atoms with Crippen LogP contribution in [0.3, 0.4) is 0 Å². The summed E-state index contributed by atoms with van der Waals surface area (Å²) in [5.41, 5.74) is 2.62. The van der Waals surface area contributed by atoms with Crippen molar-refractivity contribution < 1.29 is 9.47 Å². The first-order valence-electron chi connectivity index (χ1n) is 5.75. The highest BCUT2D eigenvalue weighted by molar-refractivity contribution is 5.50. The predicted octanol–water partition coefficient (Wildman–Crippen LogP) is 2.72. The van der Waals surface area contributed by atoms with Crippen molar-refractivity contribution in [1.82, 2.24) is 0 Å². The molecular formula is C13H16O2. The van der Waals surface area contributed by atoms with E-state index in [1.165, 1.54) is 11.1 Å². The van der Waals surface area contributed by atoms with Gasteiger partial charge in [-0.3, -0.25) is 0 Å². The second-order valence-corrected chi connectivity index (χ2v) is 4.55. The zero-order chi connectivity index (χ0) is 10.4. The third kappa shape index (κ3) is 1.39. The van der Waals surface area contributed by atoms with Gasteiger partial charge in [-0.1, -0.05) is 6.92 Å². The monoisotopic (exact) mass is 204 g/mol. The van der Waals surface area contributed by atoms with Crippen LogP contribution in [-0.4, -0.2) is 12.2 Å². The molecular weight excluding hydrogens is 188 g/mol. The molecule has 0 saturated heterocycles. The molecule has 0 aromatic heterocycles. The van der Waals surface area contributed by atoms with Gasteiger partial charge in [0.1, 0.15) is 23.7 Å². The van der Waals surface area contributed by atoms with Gasteiger partial charge < -0.3 is 9.47 Å². The van der Waals surface area contributed by atoms with Crippen LogP contribution < -0.4 is 9.47 Å². The van der Waals surface area contributed by atoms with Crippen LogP contribution in [-0.2, 0) is 12.8 Å². The minimum absolute atomic E-state index is 0.324. The molecule has 0 radical (unpaired) electrons. The van der Waals surface area contributed by atoms with Gasteiger partial charge in [-0.15, -0.1) is 0 Å². The molecule has 0 spiro atoms. The summed E-state index contributed by atoms with van der Waals surface area (Å²) in [6, 6.07) is 4.34. The predicted molar refractivity (Wildman–Crippen MR) is 58.6 cm³/mol. The molecule has 2 heterocycles. The highest BCUT2D eigenvalue weighted by Crippen LogP contribution is 2.39. The van der Waals surface area contributed by atoms with Crippen molar-refractivity contribution in [3.8, 4) is 11.5 Å². The Kier molecular flexibility index (Phi) is 1.91. The molecule has 2 atom stereocenters. The third-order valence-electron chi connectivity index (χ3n) is 3.28. The molecule has 0 amide bonds. The lowest BCUT2D eigenvalue weighted by Crippen LogP contribution is -2.10. The minimum atomic E-state index is 0.324. The molecule has 1 aromatic carbocycles. The lowest BCUT2D eigenvalue weighted by Gasteiger charge is -2.06. The second-order valence-electron chi connectivity index (χ2n) is 4.55. The first kappa shape index (κ1) is 9.08. The lowest BCUT2D eigenvalue weighted by atomic mass is 10.0. The number of rotatable bonds is 1. The number of ether oxygens (including phenoxy) is 2. The van der Waals surface area contributed by atoms with Gasteiger partial charge in [0, 0.05) is 24.0 Å². The van der Waals surface area contributed by atoms with Crippen LogP contribution in [0.25, 0.3) is 0 Å². The highest BCUT2D eigenvalue weighted by atomic mass is 16.5. The molecule has 0 saturated carbocycles. The molecule has 80 valence electrons. The van der Waals surface area contributed by atoms with Gasteiger partial charge in [0.05, 0.1) is 0 Å². The summed E-state index contributed by atoms with van der Waals surface area (Å²) in [7, 11) is 0. The number of hydrogen-bond donors (Lipinski definition) is 0. The summed E-state index contributed by atoms with van der Waals surface area (Å²) in [6.07, 6.45) is 3.83. The maximum Gasteiger partial charge on any atom is 0.123 e. The van der Waals surface area contributed by atoms with Crippen LogP contribution >= 0.6 is 0 Å². The molecule has 1 unspecified atom stereocenters. The summed E-state index contributed by atoms with van der Waals surface area (Å²) in [4.78, 5) is 0. The van der Waals surface area contributed by atoms with Gasteiger partial charge in [0.15, 0.2) is 0 Å². The Bertz CT molecular complexity index is 363. The molecule has 0 fully saturated rings. The van der Waals surface area contributed by atoms with Crippen molar-refractivity contribution in [2.45, 2.75) is 45.3 Å². The molecule has 2 nitrogen and oxygen atoms in total. The standard InChI is InChI=1S/C13H16O2/c1-3-11-5-10-7-12-9(4-8(2)14-12)6-13(10)15-11/h6-8,11H,3-5H2,1-2H3/t8?,11-/m0/s1. The molecule has 2 heteroatoms. The summed E-state index contributed by atoms with van der Waals surface area (Å²) in [5, 5.41) is 0. The average Bonchev–Trinajstić information content (AvgIpc) is 2.74. The number of hydrogen-bond acceptors (Lipinski definition) is 2. The largest absolute Gasteiger partial charge is 0.490 e. The molecule has 0 aliphatic carbocycles. The molecule has 1 aromatic rings. The van der Waals surface area contributed by atoms with Gasteiger partial charge >= 0.3 is 0 Å². The Hall–Kier alpha value is -1.18. The van der Waals surface area contributed by atoms with E-state index in [0.29, 0.717) is 12.2 Å². The van der Waals surface area contributed by atoms with E-state index in [1.807, 2.05) is 0 Å². The fourth-order valence-corrected chi connectivity index (χ4v) is 2.44. The Morgan fingerprint density at radius 1 is 1.13 bits per heavy atom. The Labute approximate surface area is 90.2 Å². The topological polar surface area (TPSA) is 18.5 Å². The van der Waals surface area contributed by atoms with Gasteiger partial charge in [-0.2, -0.15) is 0 Å². The van der Waals surface area contributed by atoms with Crippen LogP contribution in [0.15, 0.2) is 12.1 Å². The summed E-state index contributed by atoms with van der Waals surface area (Å²) in [5.74, 6) is 2.15. The molecule has 2 aliphatic rings. The van der Waals surface area contributed by atoms with E-state index in [2.05, 4.69) is 26.0 Å². The first-order valence-corrected chi connectivity index (χ1v) is 5.75. The van der Waals surface area contributed by atoms with Crippen LogP contribution in [0.1, 0.15) is 31.4 Å². The average molecular weight is 204 g/mol. The van der Waals surface area contributed by atoms with E-state index in [-0.39, 0.29) is 0 Å². The summed E-state index contributed by atoms with van der Waals surface area (Å²) < 4.78 is 11.6. The van der Waals surface area contributed by atoms with Crippen molar-refractivity contribution in [3.63, 3.8) is 0 Å². The number of benzene rings is 1. The van der Waals surface area contributed by atoms with Crippen LogP contribution in [0.5, 0.6) is 11.5 Å².